The van der Waals surface area contributed by atoms with Gasteiger partial charge in [-0.3, -0.25) is 4.98 Å². The molecule has 0 unspecified atom stereocenters. The van der Waals surface area contributed by atoms with Crippen LogP contribution in [0.25, 0.3) is 10.9 Å². The maximum absolute atomic E-state index is 14.1. The average molecular weight is 357 g/mol. The molecule has 4 rings (SSSR count). The molecule has 0 aliphatic heterocycles. The van der Waals surface area contributed by atoms with Crippen LogP contribution >= 0.6 is 7.14 Å². The number of benzene rings is 3. The van der Waals surface area contributed by atoms with Gasteiger partial charge in [-0.05, 0) is 24.1 Å². The third kappa shape index (κ3) is 3.21. The highest BCUT2D eigenvalue weighted by atomic mass is 31.2. The second kappa shape index (κ2) is 7.27. The van der Waals surface area contributed by atoms with E-state index in [0.717, 1.165) is 27.9 Å². The summed E-state index contributed by atoms with van der Waals surface area (Å²) in [5, 5.41) is 2.98. The molecule has 4 aromatic rings. The van der Waals surface area contributed by atoms with E-state index in [1.807, 2.05) is 91.1 Å². The predicted octanol–water partition coefficient (Wildman–Crippen LogP) is 4.79. The minimum Gasteiger partial charge on any atom is -0.314 e. The van der Waals surface area contributed by atoms with E-state index in [4.69, 9.17) is 0 Å². The number of pyridine rings is 1. The van der Waals surface area contributed by atoms with E-state index in [9.17, 15) is 4.57 Å². The minimum absolute atomic E-state index is 0.606. The van der Waals surface area contributed by atoms with E-state index >= 15 is 0 Å². The summed E-state index contributed by atoms with van der Waals surface area (Å²) in [7, 11) is -2.69. The molecule has 1 heterocycles. The lowest BCUT2D eigenvalue weighted by Crippen LogP contribution is -2.19. The van der Waals surface area contributed by atoms with Gasteiger partial charge in [0, 0.05) is 28.4 Å². The molecule has 128 valence electrons. The summed E-state index contributed by atoms with van der Waals surface area (Å²) in [5.41, 5.74) is 2.18. The van der Waals surface area contributed by atoms with Gasteiger partial charge >= 0.3 is 0 Å². The molecule has 0 saturated carbocycles. The van der Waals surface area contributed by atoms with Gasteiger partial charge in [0.1, 0.15) is 7.14 Å². The first-order valence-corrected chi connectivity index (χ1v) is 10.7. The molecule has 0 radical (unpaired) electrons. The summed E-state index contributed by atoms with van der Waals surface area (Å²) in [5.74, 6) is 0. The van der Waals surface area contributed by atoms with Gasteiger partial charge in [-0.2, -0.15) is 0 Å². The Morgan fingerprint density at radius 2 is 1.27 bits per heavy atom. The normalized spacial score (nSPS) is 11.5. The fraction of sp³-hybridized carbons (Fsp3) is 0.0870. The molecule has 1 aromatic heterocycles. The molecule has 3 heteroatoms. The van der Waals surface area contributed by atoms with Gasteiger partial charge in [-0.15, -0.1) is 0 Å². The zero-order chi connectivity index (χ0) is 17.8. The van der Waals surface area contributed by atoms with Gasteiger partial charge in [-0.1, -0.05) is 78.9 Å². The summed E-state index contributed by atoms with van der Waals surface area (Å²) < 4.78 is 14.1. The van der Waals surface area contributed by atoms with E-state index in [1.54, 1.807) is 0 Å². The quantitative estimate of drug-likeness (QED) is 0.481. The van der Waals surface area contributed by atoms with Crippen molar-refractivity contribution >= 4 is 28.7 Å². The Morgan fingerprint density at radius 3 is 1.92 bits per heavy atom. The molecule has 0 N–H and O–H groups in total. The zero-order valence-electron chi connectivity index (χ0n) is 14.5. The molecule has 3 aromatic carbocycles. The first-order chi connectivity index (χ1) is 12.8. The Balaban J connectivity index is 1.73. The number of aromatic nitrogens is 1. The molecule has 0 spiro atoms. The lowest BCUT2D eigenvalue weighted by molar-refractivity contribution is 0.586. The molecule has 0 saturated heterocycles. The van der Waals surface area contributed by atoms with E-state index in [2.05, 4.69) is 11.1 Å². The third-order valence-electron chi connectivity index (χ3n) is 4.78. The highest BCUT2D eigenvalue weighted by molar-refractivity contribution is 7.78. The molecular weight excluding hydrogens is 337 g/mol. The van der Waals surface area contributed by atoms with E-state index < -0.39 is 7.14 Å². The highest BCUT2D eigenvalue weighted by Crippen LogP contribution is 2.44. The Hall–Kier alpha value is -2.70. The topological polar surface area (TPSA) is 30.0 Å². The lowest BCUT2D eigenvalue weighted by atomic mass is 10.1. The molecule has 0 fully saturated rings. The van der Waals surface area contributed by atoms with Crippen molar-refractivity contribution < 1.29 is 4.57 Å². The van der Waals surface area contributed by atoms with Gasteiger partial charge in [0.2, 0.25) is 0 Å². The van der Waals surface area contributed by atoms with Crippen molar-refractivity contribution in [3.05, 3.63) is 103 Å². The minimum atomic E-state index is -2.69. The van der Waals surface area contributed by atoms with Gasteiger partial charge < -0.3 is 4.57 Å². The number of hydrogen-bond donors (Lipinski definition) is 0. The van der Waals surface area contributed by atoms with Gasteiger partial charge in [-0.25, -0.2) is 0 Å². The molecule has 0 bridgehead atoms. The predicted molar refractivity (Wildman–Crippen MR) is 110 cm³/mol. The van der Waals surface area contributed by atoms with Crippen molar-refractivity contribution in [1.82, 2.24) is 4.98 Å². The second-order valence-corrected chi connectivity index (χ2v) is 9.33. The van der Waals surface area contributed by atoms with E-state index in [1.165, 1.54) is 5.56 Å². The van der Waals surface area contributed by atoms with Gasteiger partial charge in [0.05, 0.1) is 5.52 Å². The molecule has 0 atom stereocenters. The SMILES string of the molecule is O=P(CCc1ccnc2ccccc12)(c1ccccc1)c1ccccc1. The van der Waals surface area contributed by atoms with E-state index in [0.29, 0.717) is 6.16 Å². The smallest absolute Gasteiger partial charge is 0.143 e. The van der Waals surface area contributed by atoms with Crippen molar-refractivity contribution in [3.63, 3.8) is 0 Å². The van der Waals surface area contributed by atoms with Crippen LogP contribution in [-0.4, -0.2) is 11.1 Å². The third-order valence-corrected chi connectivity index (χ3v) is 7.90. The number of aryl methyl sites for hydroxylation is 1. The fourth-order valence-electron chi connectivity index (χ4n) is 3.40. The van der Waals surface area contributed by atoms with E-state index in [-0.39, 0.29) is 0 Å². The second-order valence-electron chi connectivity index (χ2n) is 6.37. The Bertz CT molecular complexity index is 1010. The number of hydrogen-bond acceptors (Lipinski definition) is 2. The van der Waals surface area contributed by atoms with Crippen molar-refractivity contribution in [1.29, 1.82) is 0 Å². The molecular formula is C23H20NOP. The van der Waals surface area contributed by atoms with Crippen molar-refractivity contribution in [2.24, 2.45) is 0 Å². The van der Waals surface area contributed by atoms with Crippen LogP contribution < -0.4 is 10.6 Å². The largest absolute Gasteiger partial charge is 0.314 e. The zero-order valence-corrected chi connectivity index (χ0v) is 15.3. The maximum atomic E-state index is 14.1. The molecule has 0 amide bonds. The Kier molecular flexibility index (Phi) is 4.69. The van der Waals surface area contributed by atoms with Crippen LogP contribution in [0.3, 0.4) is 0 Å². The number of nitrogens with zero attached hydrogens (tertiary/aromatic N) is 1. The van der Waals surface area contributed by atoms with Crippen LogP contribution in [0.1, 0.15) is 5.56 Å². The summed E-state index contributed by atoms with van der Waals surface area (Å²) in [4.78, 5) is 4.43. The molecule has 26 heavy (non-hydrogen) atoms. The van der Waals surface area contributed by atoms with Crippen LogP contribution in [0.4, 0.5) is 0 Å². The maximum Gasteiger partial charge on any atom is 0.143 e. The summed E-state index contributed by atoms with van der Waals surface area (Å²) in [6, 6.07) is 29.9. The van der Waals surface area contributed by atoms with Crippen LogP contribution in [0.2, 0.25) is 0 Å². The first-order valence-electron chi connectivity index (χ1n) is 8.80. The van der Waals surface area contributed by atoms with Crippen molar-refractivity contribution in [2.75, 3.05) is 6.16 Å². The summed E-state index contributed by atoms with van der Waals surface area (Å²) in [6.07, 6.45) is 3.20. The van der Waals surface area contributed by atoms with Crippen LogP contribution in [-0.2, 0) is 11.0 Å². The van der Waals surface area contributed by atoms with Crippen LogP contribution in [0.15, 0.2) is 97.2 Å². The lowest BCUT2D eigenvalue weighted by Gasteiger charge is -2.20. The standard InChI is InChI=1S/C23H20NOP/c25-26(20-9-3-1-4-10-20,21-11-5-2-6-12-21)18-16-19-15-17-24-23-14-8-7-13-22(19)23/h1-15,17H,16,18H2. The van der Waals surface area contributed by atoms with Crippen molar-refractivity contribution in [3.8, 4) is 0 Å². The summed E-state index contributed by atoms with van der Waals surface area (Å²) in [6.45, 7) is 0. The Morgan fingerprint density at radius 1 is 0.692 bits per heavy atom. The number of para-hydroxylation sites is 1. The number of rotatable bonds is 5. The average Bonchev–Trinajstić information content (AvgIpc) is 2.73. The van der Waals surface area contributed by atoms with Crippen molar-refractivity contribution in [2.45, 2.75) is 6.42 Å². The first kappa shape index (κ1) is 16.8. The molecule has 0 aliphatic rings. The van der Waals surface area contributed by atoms with Crippen LogP contribution in [0.5, 0.6) is 0 Å². The number of fused-ring (bicyclic) bond motifs is 1. The Labute approximate surface area is 153 Å². The van der Waals surface area contributed by atoms with Gasteiger partial charge in [0.25, 0.3) is 0 Å². The monoisotopic (exact) mass is 357 g/mol. The molecule has 0 aliphatic carbocycles. The summed E-state index contributed by atoms with van der Waals surface area (Å²) >= 11 is 0. The van der Waals surface area contributed by atoms with Crippen LogP contribution in [0, 0.1) is 0 Å². The van der Waals surface area contributed by atoms with Gasteiger partial charge in [0.15, 0.2) is 0 Å². The fourth-order valence-corrected chi connectivity index (χ4v) is 6.07. The highest BCUT2D eigenvalue weighted by Gasteiger charge is 2.26. The molecule has 2 nitrogen and oxygen atoms in total.